The highest BCUT2D eigenvalue weighted by Crippen LogP contribution is 2.25. The molecule has 0 radical (unpaired) electrons. The third-order valence-electron chi connectivity index (χ3n) is 3.13. The molecule has 2 N–H and O–H groups in total. The summed E-state index contributed by atoms with van der Waals surface area (Å²) in [5.41, 5.74) is -0.598. The first-order valence-electron chi connectivity index (χ1n) is 7.71. The van der Waals surface area contributed by atoms with E-state index >= 15 is 0 Å². The first-order valence-corrected chi connectivity index (χ1v) is 7.71. The van der Waals surface area contributed by atoms with Crippen molar-refractivity contribution in [1.29, 1.82) is 10.5 Å². The average molecular weight is 401 g/mol. The van der Waals surface area contributed by atoms with Crippen molar-refractivity contribution < 1.29 is 23.3 Å². The molecule has 0 aliphatic rings. The smallest absolute Gasteiger partial charge is 0.306 e. The molecular weight excluding hydrogens is 388 g/mol. The Hall–Kier alpha value is -4.38. The molecule has 0 saturated carbocycles. The average Bonchev–Trinajstić information content (AvgIpc) is 2.61. The van der Waals surface area contributed by atoms with Crippen LogP contribution in [-0.4, -0.2) is 16.7 Å². The Bertz CT molecular complexity index is 1060. The molecule has 2 aromatic rings. The van der Waals surface area contributed by atoms with E-state index in [0.717, 1.165) is 18.2 Å². The van der Waals surface area contributed by atoms with Gasteiger partial charge < -0.3 is 10.6 Å². The summed E-state index contributed by atoms with van der Waals surface area (Å²) in [5.74, 6) is -2.41. The van der Waals surface area contributed by atoms with E-state index in [-0.39, 0.29) is 28.4 Å². The number of benzene rings is 2. The van der Waals surface area contributed by atoms with Gasteiger partial charge in [-0.05, 0) is 18.2 Å². The number of nitro benzene ring substituents is 1. The van der Waals surface area contributed by atoms with E-state index in [9.17, 15) is 28.5 Å². The molecule has 0 fully saturated rings. The first-order chi connectivity index (χ1) is 13.6. The lowest BCUT2D eigenvalue weighted by atomic mass is 10.1. The van der Waals surface area contributed by atoms with Crippen LogP contribution in [0.1, 0.15) is 25.0 Å². The van der Waals surface area contributed by atoms with Crippen LogP contribution in [0.3, 0.4) is 0 Å². The van der Waals surface area contributed by atoms with Crippen molar-refractivity contribution in [2.45, 2.75) is 13.8 Å². The molecule has 11 heteroatoms. The van der Waals surface area contributed by atoms with Crippen molar-refractivity contribution in [1.82, 2.24) is 0 Å². The summed E-state index contributed by atoms with van der Waals surface area (Å²) in [6, 6.07) is 8.61. The molecule has 0 aromatic heterocycles. The van der Waals surface area contributed by atoms with Gasteiger partial charge in [-0.15, -0.1) is 0 Å². The largest absolute Gasteiger partial charge is 0.325 e. The Morgan fingerprint density at radius 3 is 1.93 bits per heavy atom. The van der Waals surface area contributed by atoms with Gasteiger partial charge in [-0.1, -0.05) is 0 Å². The Labute approximate surface area is 163 Å². The predicted molar refractivity (Wildman–Crippen MR) is 97.5 cm³/mol. The maximum atomic E-state index is 13.2. The molecule has 0 unspecified atom stereocenters. The highest BCUT2D eigenvalue weighted by Gasteiger charge is 2.18. The molecule has 0 saturated heterocycles. The minimum atomic E-state index is -1.10. The molecule has 29 heavy (non-hydrogen) atoms. The number of nitro groups is 1. The van der Waals surface area contributed by atoms with Gasteiger partial charge in [0, 0.05) is 26.0 Å². The lowest BCUT2D eigenvalue weighted by Crippen LogP contribution is -2.08. The molecule has 0 heterocycles. The van der Waals surface area contributed by atoms with Crippen molar-refractivity contribution in [3.05, 3.63) is 63.2 Å². The Morgan fingerprint density at radius 1 is 0.966 bits per heavy atom. The van der Waals surface area contributed by atoms with Gasteiger partial charge in [-0.3, -0.25) is 19.7 Å². The number of carbonyl (C=O) groups excluding carboxylic acids is 2. The fourth-order valence-corrected chi connectivity index (χ4v) is 1.99. The molecular formula is C18H13F2N5O4. The highest BCUT2D eigenvalue weighted by molar-refractivity contribution is 5.91. The zero-order chi connectivity index (χ0) is 22.1. The van der Waals surface area contributed by atoms with Crippen LogP contribution >= 0.6 is 0 Å². The first kappa shape index (κ1) is 22.7. The van der Waals surface area contributed by atoms with Gasteiger partial charge in [-0.2, -0.15) is 14.9 Å². The summed E-state index contributed by atoms with van der Waals surface area (Å²) in [6.45, 7) is 2.48. The fourth-order valence-electron chi connectivity index (χ4n) is 1.99. The molecule has 0 spiro atoms. The van der Waals surface area contributed by atoms with Crippen LogP contribution in [0.15, 0.2) is 30.3 Å². The van der Waals surface area contributed by atoms with E-state index in [1.54, 1.807) is 6.07 Å². The molecule has 0 bridgehead atoms. The monoisotopic (exact) mass is 401 g/mol. The summed E-state index contributed by atoms with van der Waals surface area (Å²) >= 11 is 0. The molecule has 0 aliphatic carbocycles. The van der Waals surface area contributed by atoms with E-state index in [4.69, 9.17) is 10.5 Å². The molecule has 0 aliphatic heterocycles. The van der Waals surface area contributed by atoms with E-state index in [2.05, 4.69) is 10.6 Å². The summed E-state index contributed by atoms with van der Waals surface area (Å²) in [7, 11) is 0. The standard InChI is InChI=1S/C9H6FN3O3.C9H7FN2O/c1-5(14)12-8-3-7(10)9(13(15)16)2-6(8)4-11;1-6(13)12-9-4-8(10)3-2-7(9)5-11/h2-3H,1H3,(H,12,14);2-4H,1H3,(H,12,13). The Kier molecular flexibility index (Phi) is 7.88. The SMILES string of the molecule is CC(=O)Nc1cc(F)c([N+](=O)[O-])cc1C#N.CC(=O)Nc1cc(F)ccc1C#N. The molecule has 2 amide bonds. The van der Waals surface area contributed by atoms with Gasteiger partial charge in [0.25, 0.3) is 0 Å². The second kappa shape index (κ2) is 10.1. The van der Waals surface area contributed by atoms with Crippen LogP contribution in [0, 0.1) is 44.4 Å². The van der Waals surface area contributed by atoms with Gasteiger partial charge in [0.15, 0.2) is 0 Å². The van der Waals surface area contributed by atoms with Crippen molar-refractivity contribution >= 4 is 28.9 Å². The fraction of sp³-hybridized carbons (Fsp3) is 0.111. The molecule has 2 aromatic carbocycles. The van der Waals surface area contributed by atoms with Gasteiger partial charge in [0.1, 0.15) is 18.0 Å². The normalized spacial score (nSPS) is 9.17. The zero-order valence-corrected chi connectivity index (χ0v) is 15.1. The highest BCUT2D eigenvalue weighted by atomic mass is 19.1. The number of nitrogens with zero attached hydrogens (tertiary/aromatic N) is 3. The Morgan fingerprint density at radius 2 is 1.48 bits per heavy atom. The van der Waals surface area contributed by atoms with Crippen LogP contribution in [0.2, 0.25) is 0 Å². The van der Waals surface area contributed by atoms with Crippen LogP contribution in [0.4, 0.5) is 25.8 Å². The van der Waals surface area contributed by atoms with Crippen molar-refractivity contribution in [2.24, 2.45) is 0 Å². The summed E-state index contributed by atoms with van der Waals surface area (Å²) in [5, 5.41) is 32.2. The molecule has 0 atom stereocenters. The second-order valence-corrected chi connectivity index (χ2v) is 5.38. The second-order valence-electron chi connectivity index (χ2n) is 5.38. The van der Waals surface area contributed by atoms with E-state index in [0.29, 0.717) is 0 Å². The maximum absolute atomic E-state index is 13.2. The van der Waals surface area contributed by atoms with Crippen LogP contribution < -0.4 is 10.6 Å². The maximum Gasteiger partial charge on any atom is 0.306 e. The van der Waals surface area contributed by atoms with Gasteiger partial charge in [0.2, 0.25) is 17.6 Å². The number of anilines is 2. The Balaban J connectivity index is 0.000000296. The van der Waals surface area contributed by atoms with Crippen molar-refractivity contribution in [3.8, 4) is 12.1 Å². The number of amides is 2. The van der Waals surface area contributed by atoms with E-state index < -0.39 is 28.2 Å². The number of rotatable bonds is 3. The number of nitrogens with one attached hydrogen (secondary N) is 2. The van der Waals surface area contributed by atoms with Crippen LogP contribution in [-0.2, 0) is 9.59 Å². The molecule has 9 nitrogen and oxygen atoms in total. The quantitative estimate of drug-likeness (QED) is 0.596. The van der Waals surface area contributed by atoms with Gasteiger partial charge >= 0.3 is 5.69 Å². The number of hydrogen-bond donors (Lipinski definition) is 2. The van der Waals surface area contributed by atoms with Crippen LogP contribution in [0.5, 0.6) is 0 Å². The molecule has 2 rings (SSSR count). The van der Waals surface area contributed by atoms with E-state index in [1.807, 2.05) is 6.07 Å². The minimum Gasteiger partial charge on any atom is -0.325 e. The molecule has 148 valence electrons. The zero-order valence-electron chi connectivity index (χ0n) is 15.1. The summed E-state index contributed by atoms with van der Waals surface area (Å²) in [6.07, 6.45) is 0. The topological polar surface area (TPSA) is 149 Å². The minimum absolute atomic E-state index is 0.0851. The van der Waals surface area contributed by atoms with E-state index in [1.165, 1.54) is 26.0 Å². The summed E-state index contributed by atoms with van der Waals surface area (Å²) in [4.78, 5) is 30.8. The predicted octanol–water partition coefficient (Wildman–Crippen LogP) is 3.22. The number of halogens is 2. The van der Waals surface area contributed by atoms with Crippen LogP contribution in [0.25, 0.3) is 0 Å². The number of carbonyl (C=O) groups is 2. The lowest BCUT2D eigenvalue weighted by molar-refractivity contribution is -0.387. The lowest BCUT2D eigenvalue weighted by Gasteiger charge is -2.04. The third kappa shape index (κ3) is 6.69. The van der Waals surface area contributed by atoms with Gasteiger partial charge in [-0.25, -0.2) is 4.39 Å². The van der Waals surface area contributed by atoms with Crippen molar-refractivity contribution in [2.75, 3.05) is 10.6 Å². The third-order valence-corrected chi connectivity index (χ3v) is 3.13. The van der Waals surface area contributed by atoms with Gasteiger partial charge in [0.05, 0.1) is 27.4 Å². The summed E-state index contributed by atoms with van der Waals surface area (Å²) < 4.78 is 25.8. The number of hydrogen-bond acceptors (Lipinski definition) is 6. The number of nitriles is 2. The van der Waals surface area contributed by atoms with Crippen molar-refractivity contribution in [3.63, 3.8) is 0 Å².